The van der Waals surface area contributed by atoms with E-state index in [1.165, 1.54) is 13.1 Å². The summed E-state index contributed by atoms with van der Waals surface area (Å²) in [5.41, 5.74) is -1.40. The lowest BCUT2D eigenvalue weighted by Gasteiger charge is -2.24. The van der Waals surface area contributed by atoms with Crippen LogP contribution >= 0.6 is 0 Å². The average molecular weight is 354 g/mol. The van der Waals surface area contributed by atoms with Crippen LogP contribution < -0.4 is 11.2 Å². The van der Waals surface area contributed by atoms with E-state index in [2.05, 4.69) is 11.6 Å². The van der Waals surface area contributed by atoms with Gasteiger partial charge in [0, 0.05) is 26.1 Å². The molecule has 2 heterocycles. The normalized spacial score (nSPS) is 25.4. The average Bonchev–Trinajstić information content (AvgIpc) is 2.84. The van der Waals surface area contributed by atoms with Crippen molar-refractivity contribution in [2.24, 2.45) is 5.92 Å². The van der Waals surface area contributed by atoms with Crippen LogP contribution in [0.1, 0.15) is 20.1 Å². The maximum atomic E-state index is 12.0. The number of nitrogens with one attached hydrogen (secondary N) is 1. The van der Waals surface area contributed by atoms with Gasteiger partial charge < -0.3 is 19.3 Å². The molecule has 0 aliphatic carbocycles. The van der Waals surface area contributed by atoms with Crippen molar-refractivity contribution in [1.82, 2.24) is 9.55 Å². The van der Waals surface area contributed by atoms with Crippen molar-refractivity contribution in [1.29, 1.82) is 0 Å². The summed E-state index contributed by atoms with van der Waals surface area (Å²) >= 11 is 0. The van der Waals surface area contributed by atoms with Crippen LogP contribution in [0, 0.1) is 5.92 Å². The molecular weight excluding hydrogens is 336 g/mol. The zero-order valence-corrected chi connectivity index (χ0v) is 13.6. The SMILES string of the molecule is C=C(OC(C)=O)[C@H]1[C@@H](OC(C)=O)[C@H](n2ccc(=O)[nH]c2=O)O[C@@H]1CO. The predicted octanol–water partition coefficient (Wildman–Crippen LogP) is -0.949. The standard InChI is InChI=1S/C15H18N2O8/c1-7(23-8(2)19)12-10(6-18)25-14(13(12)24-9(3)20)17-5-4-11(21)16-15(17)22/h4-5,10,12-14,18H,1,6H2,2-3H3,(H,16,21,22)/t10-,12-,13-,14-/m1/s1. The van der Waals surface area contributed by atoms with E-state index >= 15 is 0 Å². The Balaban J connectivity index is 2.46. The summed E-state index contributed by atoms with van der Waals surface area (Å²) in [7, 11) is 0. The number of carbonyl (C=O) groups is 2. The molecule has 1 aromatic rings. The van der Waals surface area contributed by atoms with Crippen molar-refractivity contribution in [3.63, 3.8) is 0 Å². The summed E-state index contributed by atoms with van der Waals surface area (Å²) in [5, 5.41) is 9.56. The predicted molar refractivity (Wildman–Crippen MR) is 82.3 cm³/mol. The minimum absolute atomic E-state index is 0.0715. The van der Waals surface area contributed by atoms with Gasteiger partial charge in [-0.25, -0.2) is 4.79 Å². The van der Waals surface area contributed by atoms with Gasteiger partial charge in [-0.2, -0.15) is 0 Å². The van der Waals surface area contributed by atoms with Gasteiger partial charge in [0.25, 0.3) is 5.56 Å². The van der Waals surface area contributed by atoms with E-state index in [-0.39, 0.29) is 5.76 Å². The Morgan fingerprint density at radius 2 is 2.04 bits per heavy atom. The van der Waals surface area contributed by atoms with Crippen molar-refractivity contribution in [3.8, 4) is 0 Å². The first kappa shape index (κ1) is 18.6. The topological polar surface area (TPSA) is 137 Å². The van der Waals surface area contributed by atoms with Crippen LogP contribution in [0.15, 0.2) is 34.2 Å². The Kier molecular flexibility index (Phi) is 5.55. The zero-order chi connectivity index (χ0) is 18.7. The number of ether oxygens (including phenoxy) is 3. The number of H-pyrrole nitrogens is 1. The van der Waals surface area contributed by atoms with Gasteiger partial charge in [0.2, 0.25) is 0 Å². The fourth-order valence-corrected chi connectivity index (χ4v) is 2.70. The van der Waals surface area contributed by atoms with E-state index in [1.807, 2.05) is 0 Å². The lowest BCUT2D eigenvalue weighted by atomic mass is 9.96. The molecule has 0 aromatic carbocycles. The first-order valence-electron chi connectivity index (χ1n) is 7.36. The lowest BCUT2D eigenvalue weighted by molar-refractivity contribution is -0.154. The van der Waals surface area contributed by atoms with E-state index in [0.29, 0.717) is 0 Å². The Bertz CT molecular complexity index is 795. The van der Waals surface area contributed by atoms with Crippen LogP contribution in [-0.2, 0) is 23.8 Å². The summed E-state index contributed by atoms with van der Waals surface area (Å²) in [4.78, 5) is 48.0. The van der Waals surface area contributed by atoms with E-state index < -0.39 is 54.1 Å². The van der Waals surface area contributed by atoms with Crippen molar-refractivity contribution in [2.45, 2.75) is 32.3 Å². The second-order valence-electron chi connectivity index (χ2n) is 5.42. The minimum Gasteiger partial charge on any atom is -0.457 e. The molecule has 136 valence electrons. The molecule has 0 spiro atoms. The van der Waals surface area contributed by atoms with E-state index in [0.717, 1.165) is 17.6 Å². The Morgan fingerprint density at radius 3 is 2.56 bits per heavy atom. The van der Waals surface area contributed by atoms with Crippen LogP contribution in [-0.4, -0.2) is 45.4 Å². The third-order valence-corrected chi connectivity index (χ3v) is 3.60. The second kappa shape index (κ2) is 7.45. The quantitative estimate of drug-likeness (QED) is 0.510. The van der Waals surface area contributed by atoms with Crippen LogP contribution in [0.4, 0.5) is 0 Å². The third kappa shape index (κ3) is 4.03. The fourth-order valence-electron chi connectivity index (χ4n) is 2.70. The van der Waals surface area contributed by atoms with Gasteiger partial charge in [-0.3, -0.25) is 23.9 Å². The summed E-state index contributed by atoms with van der Waals surface area (Å²) in [6.07, 6.45) is -2.03. The number of aliphatic hydroxyl groups is 1. The molecule has 10 nitrogen and oxygen atoms in total. The van der Waals surface area contributed by atoms with E-state index in [9.17, 15) is 24.3 Å². The number of carbonyl (C=O) groups excluding carboxylic acids is 2. The Labute approximate surface area is 141 Å². The van der Waals surface area contributed by atoms with E-state index in [1.54, 1.807) is 0 Å². The highest BCUT2D eigenvalue weighted by Crippen LogP contribution is 2.39. The smallest absolute Gasteiger partial charge is 0.330 e. The second-order valence-corrected chi connectivity index (χ2v) is 5.42. The number of aliphatic hydroxyl groups excluding tert-OH is 1. The summed E-state index contributed by atoms with van der Waals surface area (Å²) in [5.74, 6) is -2.29. The van der Waals surface area contributed by atoms with E-state index in [4.69, 9.17) is 14.2 Å². The van der Waals surface area contributed by atoms with Crippen LogP contribution in [0.2, 0.25) is 0 Å². The molecule has 2 rings (SSSR count). The molecule has 1 aliphatic rings. The monoisotopic (exact) mass is 354 g/mol. The van der Waals surface area contributed by atoms with Gasteiger partial charge in [0.15, 0.2) is 12.3 Å². The number of rotatable bonds is 5. The molecule has 4 atom stereocenters. The van der Waals surface area contributed by atoms with Gasteiger partial charge in [0.1, 0.15) is 5.76 Å². The van der Waals surface area contributed by atoms with Gasteiger partial charge in [-0.05, 0) is 0 Å². The van der Waals surface area contributed by atoms with Crippen LogP contribution in [0.5, 0.6) is 0 Å². The summed E-state index contributed by atoms with van der Waals surface area (Å²) in [6.45, 7) is 5.45. The number of aromatic nitrogens is 2. The highest BCUT2D eigenvalue weighted by molar-refractivity contribution is 5.67. The zero-order valence-electron chi connectivity index (χ0n) is 13.6. The minimum atomic E-state index is -1.15. The number of aromatic amines is 1. The molecule has 0 unspecified atom stereocenters. The number of esters is 2. The van der Waals surface area contributed by atoms with Crippen molar-refractivity contribution in [2.75, 3.05) is 6.61 Å². The van der Waals surface area contributed by atoms with Crippen LogP contribution in [0.3, 0.4) is 0 Å². The molecule has 1 aromatic heterocycles. The molecular formula is C15H18N2O8. The first-order chi connectivity index (χ1) is 11.7. The molecule has 1 aliphatic heterocycles. The van der Waals surface area contributed by atoms with Gasteiger partial charge in [0.05, 0.1) is 18.6 Å². The van der Waals surface area contributed by atoms with Gasteiger partial charge in [-0.1, -0.05) is 6.58 Å². The van der Waals surface area contributed by atoms with Gasteiger partial charge >= 0.3 is 17.6 Å². The third-order valence-electron chi connectivity index (χ3n) is 3.60. The molecule has 1 fully saturated rings. The van der Waals surface area contributed by atoms with Gasteiger partial charge in [-0.15, -0.1) is 0 Å². The molecule has 0 bridgehead atoms. The maximum absolute atomic E-state index is 12.0. The first-order valence-corrected chi connectivity index (χ1v) is 7.36. The lowest BCUT2D eigenvalue weighted by Crippen LogP contribution is -2.38. The highest BCUT2D eigenvalue weighted by Gasteiger charge is 2.50. The molecule has 0 saturated carbocycles. The molecule has 0 amide bonds. The molecule has 1 saturated heterocycles. The Hall–Kier alpha value is -2.72. The maximum Gasteiger partial charge on any atom is 0.330 e. The van der Waals surface area contributed by atoms with Crippen LogP contribution in [0.25, 0.3) is 0 Å². The Morgan fingerprint density at radius 1 is 1.36 bits per heavy atom. The highest BCUT2D eigenvalue weighted by atomic mass is 16.6. The molecule has 0 radical (unpaired) electrons. The summed E-state index contributed by atoms with van der Waals surface area (Å²) in [6, 6.07) is 1.09. The van der Waals surface area contributed by atoms with Crippen molar-refractivity contribution >= 4 is 11.9 Å². The molecule has 10 heteroatoms. The summed E-state index contributed by atoms with van der Waals surface area (Å²) < 4.78 is 16.8. The number of nitrogens with zero attached hydrogens (tertiary/aromatic N) is 1. The number of hydrogen-bond donors (Lipinski definition) is 2. The van der Waals surface area contributed by atoms with Crippen molar-refractivity contribution in [3.05, 3.63) is 45.4 Å². The fraction of sp³-hybridized carbons (Fsp3) is 0.467. The number of hydrogen-bond acceptors (Lipinski definition) is 8. The largest absolute Gasteiger partial charge is 0.457 e. The van der Waals surface area contributed by atoms with Crippen molar-refractivity contribution < 1.29 is 28.9 Å². The molecule has 25 heavy (non-hydrogen) atoms. The molecule has 2 N–H and O–H groups in total.